The highest BCUT2D eigenvalue weighted by Gasteiger charge is 2.40. The van der Waals surface area contributed by atoms with E-state index in [1.807, 2.05) is 18.2 Å². The zero-order chi connectivity index (χ0) is 20.3. The standard InChI is InChI=1S/C20H16ClN3O3S/c1-27-15-4-2-3-14(10-15)24-19(26)17(9-12-5-7-13(21)8-6-12)28-20(24)16(11-22)18(23)25/h2-8,10,17H,9H2,1H3,(H2,23,25)/b20-16-/t17-/m0/s1. The maximum absolute atomic E-state index is 13.2. The van der Waals surface area contributed by atoms with E-state index in [1.165, 1.54) is 12.0 Å². The van der Waals surface area contributed by atoms with Crippen molar-refractivity contribution in [3.8, 4) is 11.8 Å². The molecule has 1 heterocycles. The topological polar surface area (TPSA) is 96.4 Å². The summed E-state index contributed by atoms with van der Waals surface area (Å²) in [5.74, 6) is -0.566. The maximum Gasteiger partial charge on any atom is 0.262 e. The first-order valence-electron chi connectivity index (χ1n) is 8.28. The van der Waals surface area contributed by atoms with Crippen molar-refractivity contribution in [2.24, 2.45) is 5.73 Å². The van der Waals surface area contributed by atoms with E-state index in [0.29, 0.717) is 22.9 Å². The molecule has 2 amide bonds. The highest BCUT2D eigenvalue weighted by molar-refractivity contribution is 8.05. The van der Waals surface area contributed by atoms with Gasteiger partial charge in [0.2, 0.25) is 5.91 Å². The smallest absolute Gasteiger partial charge is 0.262 e. The van der Waals surface area contributed by atoms with Gasteiger partial charge in [-0.05, 0) is 36.2 Å². The average Bonchev–Trinajstić information content (AvgIpc) is 3.00. The fraction of sp³-hybridized carbons (Fsp3) is 0.150. The number of ether oxygens (including phenoxy) is 1. The van der Waals surface area contributed by atoms with Crippen LogP contribution in [0.25, 0.3) is 0 Å². The highest BCUT2D eigenvalue weighted by atomic mass is 35.5. The molecule has 0 aromatic heterocycles. The molecule has 28 heavy (non-hydrogen) atoms. The van der Waals surface area contributed by atoms with Crippen LogP contribution < -0.4 is 15.4 Å². The van der Waals surface area contributed by atoms with E-state index in [-0.39, 0.29) is 16.5 Å². The molecule has 1 aliphatic rings. The van der Waals surface area contributed by atoms with Gasteiger partial charge in [-0.15, -0.1) is 0 Å². The summed E-state index contributed by atoms with van der Waals surface area (Å²) in [5.41, 5.74) is 6.54. The number of carbonyl (C=O) groups excluding carboxylic acids is 2. The minimum absolute atomic E-state index is 0.229. The Kier molecular flexibility index (Phi) is 5.93. The summed E-state index contributed by atoms with van der Waals surface area (Å²) in [7, 11) is 1.52. The molecule has 0 aliphatic carbocycles. The number of rotatable bonds is 5. The summed E-state index contributed by atoms with van der Waals surface area (Å²) >= 11 is 7.07. The molecule has 0 saturated carbocycles. The molecule has 3 rings (SSSR count). The zero-order valence-electron chi connectivity index (χ0n) is 14.9. The summed E-state index contributed by atoms with van der Waals surface area (Å²) in [6.07, 6.45) is 0.419. The number of primary amides is 1. The second-order valence-corrected chi connectivity index (χ2v) is 7.60. The van der Waals surface area contributed by atoms with E-state index in [1.54, 1.807) is 36.4 Å². The summed E-state index contributed by atoms with van der Waals surface area (Å²) in [4.78, 5) is 26.3. The van der Waals surface area contributed by atoms with Gasteiger partial charge < -0.3 is 10.5 Å². The molecule has 1 atom stereocenters. The molecule has 0 radical (unpaired) electrons. The molecular weight excluding hydrogens is 398 g/mol. The van der Waals surface area contributed by atoms with Gasteiger partial charge in [-0.3, -0.25) is 14.5 Å². The lowest BCUT2D eigenvalue weighted by Crippen LogP contribution is -2.31. The molecule has 0 bridgehead atoms. The normalized spacial score (nSPS) is 18.0. The van der Waals surface area contributed by atoms with Crippen LogP contribution in [0.3, 0.4) is 0 Å². The summed E-state index contributed by atoms with van der Waals surface area (Å²) < 4.78 is 5.22. The molecule has 1 fully saturated rings. The first kappa shape index (κ1) is 19.8. The quantitative estimate of drug-likeness (QED) is 0.599. The summed E-state index contributed by atoms with van der Waals surface area (Å²) in [6, 6.07) is 15.9. The van der Waals surface area contributed by atoms with E-state index < -0.39 is 11.2 Å². The van der Waals surface area contributed by atoms with Crippen LogP contribution >= 0.6 is 23.4 Å². The van der Waals surface area contributed by atoms with Crippen LogP contribution in [0.1, 0.15) is 5.56 Å². The highest BCUT2D eigenvalue weighted by Crippen LogP contribution is 2.42. The van der Waals surface area contributed by atoms with Gasteiger partial charge in [-0.25, -0.2) is 0 Å². The Morgan fingerprint density at radius 2 is 2.04 bits per heavy atom. The number of amides is 2. The van der Waals surface area contributed by atoms with Crippen molar-refractivity contribution in [2.75, 3.05) is 12.0 Å². The van der Waals surface area contributed by atoms with Gasteiger partial charge in [-0.2, -0.15) is 5.26 Å². The lowest BCUT2D eigenvalue weighted by molar-refractivity contribution is -0.117. The number of hydrogen-bond acceptors (Lipinski definition) is 5. The number of carbonyl (C=O) groups is 2. The Balaban J connectivity index is 2.03. The monoisotopic (exact) mass is 413 g/mol. The zero-order valence-corrected chi connectivity index (χ0v) is 16.5. The van der Waals surface area contributed by atoms with Crippen molar-refractivity contribution in [2.45, 2.75) is 11.7 Å². The van der Waals surface area contributed by atoms with Crippen LogP contribution in [0.15, 0.2) is 59.1 Å². The van der Waals surface area contributed by atoms with Gasteiger partial charge in [0.15, 0.2) is 0 Å². The van der Waals surface area contributed by atoms with E-state index in [0.717, 1.165) is 17.3 Å². The minimum Gasteiger partial charge on any atom is -0.497 e. The number of benzene rings is 2. The Morgan fingerprint density at radius 3 is 2.64 bits per heavy atom. The largest absolute Gasteiger partial charge is 0.497 e. The Labute approximate surface area is 171 Å². The average molecular weight is 414 g/mol. The number of halogens is 1. The van der Waals surface area contributed by atoms with Gasteiger partial charge in [0.1, 0.15) is 22.4 Å². The van der Waals surface area contributed by atoms with Crippen molar-refractivity contribution >= 4 is 40.9 Å². The van der Waals surface area contributed by atoms with Crippen LogP contribution in [0.2, 0.25) is 5.02 Å². The molecule has 2 N–H and O–H groups in total. The van der Waals surface area contributed by atoms with E-state index >= 15 is 0 Å². The van der Waals surface area contributed by atoms with Gasteiger partial charge in [-0.1, -0.05) is 41.6 Å². The molecule has 1 saturated heterocycles. The first-order valence-corrected chi connectivity index (χ1v) is 9.53. The van der Waals surface area contributed by atoms with Gasteiger partial charge in [0, 0.05) is 11.1 Å². The third-order valence-corrected chi connectivity index (χ3v) is 5.69. The predicted octanol–water partition coefficient (Wildman–Crippen LogP) is 3.26. The second kappa shape index (κ2) is 8.38. The predicted molar refractivity (Wildman–Crippen MR) is 109 cm³/mol. The van der Waals surface area contributed by atoms with Crippen molar-refractivity contribution in [1.82, 2.24) is 0 Å². The van der Waals surface area contributed by atoms with Gasteiger partial charge in [0.25, 0.3) is 5.91 Å². The molecule has 0 spiro atoms. The van der Waals surface area contributed by atoms with Gasteiger partial charge in [0.05, 0.1) is 18.0 Å². The minimum atomic E-state index is -0.877. The molecule has 8 heteroatoms. The van der Waals surface area contributed by atoms with Crippen LogP contribution in [0.5, 0.6) is 5.75 Å². The van der Waals surface area contributed by atoms with Crippen LogP contribution in [-0.4, -0.2) is 24.2 Å². The number of nitriles is 1. The lowest BCUT2D eigenvalue weighted by atomic mass is 10.1. The third kappa shape index (κ3) is 3.98. The van der Waals surface area contributed by atoms with E-state index in [2.05, 4.69) is 0 Å². The van der Waals surface area contributed by atoms with Crippen molar-refractivity contribution in [1.29, 1.82) is 5.26 Å². The molecule has 2 aromatic rings. The van der Waals surface area contributed by atoms with Crippen LogP contribution in [0.4, 0.5) is 5.69 Å². The van der Waals surface area contributed by atoms with Crippen LogP contribution in [-0.2, 0) is 16.0 Å². The number of methoxy groups -OCH3 is 1. The first-order chi connectivity index (χ1) is 13.4. The van der Waals surface area contributed by atoms with E-state index in [4.69, 9.17) is 22.1 Å². The Morgan fingerprint density at radius 1 is 1.32 bits per heavy atom. The number of nitrogens with zero attached hydrogens (tertiary/aromatic N) is 2. The maximum atomic E-state index is 13.2. The number of nitrogens with two attached hydrogens (primary N) is 1. The fourth-order valence-corrected chi connectivity index (χ4v) is 4.26. The number of thioether (sulfide) groups is 1. The molecule has 0 unspecified atom stereocenters. The molecule has 2 aromatic carbocycles. The Hall–Kier alpha value is -2.95. The molecule has 142 valence electrons. The SMILES string of the molecule is COc1cccc(N2C(=O)[C@H](Cc3ccc(Cl)cc3)S/C2=C(/C#N)C(N)=O)c1. The Bertz CT molecular complexity index is 999. The number of hydrogen-bond donors (Lipinski definition) is 1. The summed E-state index contributed by atoms with van der Waals surface area (Å²) in [5, 5.41) is 9.74. The lowest BCUT2D eigenvalue weighted by Gasteiger charge is -2.18. The molecule has 6 nitrogen and oxygen atoms in total. The molecular formula is C20H16ClN3O3S. The third-order valence-electron chi connectivity index (χ3n) is 4.17. The van der Waals surface area contributed by atoms with Crippen LogP contribution in [0, 0.1) is 11.3 Å². The number of anilines is 1. The fourth-order valence-electron chi connectivity index (χ4n) is 2.82. The summed E-state index contributed by atoms with van der Waals surface area (Å²) in [6.45, 7) is 0. The second-order valence-electron chi connectivity index (χ2n) is 5.97. The van der Waals surface area contributed by atoms with Crippen molar-refractivity contribution in [3.05, 3.63) is 69.7 Å². The van der Waals surface area contributed by atoms with Gasteiger partial charge >= 0.3 is 0 Å². The molecule has 1 aliphatic heterocycles. The van der Waals surface area contributed by atoms with E-state index in [9.17, 15) is 14.9 Å². The van der Waals surface area contributed by atoms with Crippen molar-refractivity contribution in [3.63, 3.8) is 0 Å². The van der Waals surface area contributed by atoms with Crippen molar-refractivity contribution < 1.29 is 14.3 Å².